The molecule has 32 heavy (non-hydrogen) atoms. The molecule has 1 saturated heterocycles. The van der Waals surface area contributed by atoms with E-state index < -0.39 is 0 Å². The normalized spacial score (nSPS) is 16.2. The van der Waals surface area contributed by atoms with Gasteiger partial charge in [-0.2, -0.15) is 10.2 Å². The number of benzene rings is 1. The van der Waals surface area contributed by atoms with Gasteiger partial charge in [0.1, 0.15) is 0 Å². The number of piperidine rings is 1. The third-order valence-corrected chi connectivity index (χ3v) is 6.29. The number of aromatic nitrogens is 4. The van der Waals surface area contributed by atoms with Crippen LogP contribution in [0.2, 0.25) is 0 Å². The predicted molar refractivity (Wildman–Crippen MR) is 124 cm³/mol. The van der Waals surface area contributed by atoms with Crippen molar-refractivity contribution >= 4 is 11.6 Å². The van der Waals surface area contributed by atoms with Crippen LogP contribution in [-0.2, 0) is 24.9 Å². The van der Waals surface area contributed by atoms with Crippen molar-refractivity contribution in [1.29, 1.82) is 0 Å². The number of amides is 1. The van der Waals surface area contributed by atoms with Crippen LogP contribution < -0.4 is 15.8 Å². The Balaban J connectivity index is 1.39. The highest BCUT2D eigenvalue weighted by Crippen LogP contribution is 2.22. The van der Waals surface area contributed by atoms with Crippen molar-refractivity contribution in [2.24, 2.45) is 13.0 Å². The first kappa shape index (κ1) is 21.8. The molecule has 8 heteroatoms. The van der Waals surface area contributed by atoms with E-state index in [1.807, 2.05) is 55.9 Å². The summed E-state index contributed by atoms with van der Waals surface area (Å²) in [7, 11) is 1.91. The van der Waals surface area contributed by atoms with Crippen molar-refractivity contribution in [3.05, 3.63) is 75.5 Å². The maximum absolute atomic E-state index is 12.9. The fourth-order valence-corrected chi connectivity index (χ4v) is 4.29. The molecule has 1 aliphatic heterocycles. The average molecular weight is 435 g/mol. The van der Waals surface area contributed by atoms with Crippen LogP contribution in [0.25, 0.3) is 0 Å². The molecule has 0 radical (unpaired) electrons. The van der Waals surface area contributed by atoms with Crippen molar-refractivity contribution in [1.82, 2.24) is 24.9 Å². The Hall–Kier alpha value is -3.42. The van der Waals surface area contributed by atoms with Crippen LogP contribution in [0, 0.1) is 19.8 Å². The van der Waals surface area contributed by atoms with E-state index in [0.29, 0.717) is 19.6 Å². The van der Waals surface area contributed by atoms with E-state index in [1.54, 1.807) is 12.3 Å². The first-order chi connectivity index (χ1) is 15.4. The second kappa shape index (κ2) is 9.38. The second-order valence-electron chi connectivity index (χ2n) is 8.47. The zero-order valence-corrected chi connectivity index (χ0v) is 18.9. The Morgan fingerprint density at radius 2 is 2.00 bits per heavy atom. The molecule has 168 valence electrons. The molecule has 0 bridgehead atoms. The van der Waals surface area contributed by atoms with Gasteiger partial charge in [-0.05, 0) is 32.3 Å². The fourth-order valence-electron chi connectivity index (χ4n) is 4.29. The lowest BCUT2D eigenvalue weighted by Crippen LogP contribution is -2.43. The van der Waals surface area contributed by atoms with Gasteiger partial charge in [-0.15, -0.1) is 0 Å². The van der Waals surface area contributed by atoms with Gasteiger partial charge in [-0.25, -0.2) is 4.68 Å². The summed E-state index contributed by atoms with van der Waals surface area (Å²) in [6.45, 7) is 6.30. The molecular formula is C24H30N6O2. The molecule has 1 N–H and O–H groups in total. The lowest BCUT2D eigenvalue weighted by atomic mass is 9.96. The van der Waals surface area contributed by atoms with Crippen molar-refractivity contribution in [2.75, 3.05) is 18.0 Å². The summed E-state index contributed by atoms with van der Waals surface area (Å²) in [5.41, 5.74) is 4.74. The van der Waals surface area contributed by atoms with Crippen LogP contribution in [-0.4, -0.2) is 38.6 Å². The van der Waals surface area contributed by atoms with Crippen LogP contribution in [0.1, 0.15) is 35.4 Å². The van der Waals surface area contributed by atoms with Gasteiger partial charge in [0.2, 0.25) is 5.91 Å². The van der Waals surface area contributed by atoms with Crippen LogP contribution >= 0.6 is 0 Å². The fraction of sp³-hybridized carbons (Fsp3) is 0.417. The Labute approximate surface area is 187 Å². The molecule has 0 aliphatic carbocycles. The van der Waals surface area contributed by atoms with Gasteiger partial charge in [-0.3, -0.25) is 14.3 Å². The lowest BCUT2D eigenvalue weighted by Gasteiger charge is -2.33. The molecule has 3 heterocycles. The van der Waals surface area contributed by atoms with Gasteiger partial charge < -0.3 is 10.2 Å². The van der Waals surface area contributed by atoms with Crippen LogP contribution in [0.5, 0.6) is 0 Å². The molecule has 2 aromatic heterocycles. The van der Waals surface area contributed by atoms with E-state index in [4.69, 9.17) is 0 Å². The molecule has 1 aromatic carbocycles. The molecule has 4 rings (SSSR count). The molecule has 1 amide bonds. The monoisotopic (exact) mass is 434 g/mol. The highest BCUT2D eigenvalue weighted by atomic mass is 16.2. The van der Waals surface area contributed by atoms with Crippen molar-refractivity contribution in [3.63, 3.8) is 0 Å². The summed E-state index contributed by atoms with van der Waals surface area (Å²) in [5, 5.41) is 11.9. The smallest absolute Gasteiger partial charge is 0.269 e. The SMILES string of the molecule is Cc1nn(C)c(C)c1CNC(=O)[C@H]1CCCN(c2cnn(Cc3ccccc3)c(=O)c2)C1. The maximum atomic E-state index is 12.9. The molecule has 1 fully saturated rings. The van der Waals surface area contributed by atoms with E-state index in [-0.39, 0.29) is 17.4 Å². The first-order valence-corrected chi connectivity index (χ1v) is 11.0. The number of hydrogen-bond acceptors (Lipinski definition) is 5. The van der Waals surface area contributed by atoms with Gasteiger partial charge in [0, 0.05) is 44.0 Å². The molecule has 1 atom stereocenters. The number of nitrogens with one attached hydrogen (secondary N) is 1. The maximum Gasteiger partial charge on any atom is 0.269 e. The van der Waals surface area contributed by atoms with Crippen molar-refractivity contribution < 1.29 is 4.79 Å². The number of aryl methyl sites for hydroxylation is 2. The Bertz CT molecular complexity index is 1150. The Morgan fingerprint density at radius 1 is 1.22 bits per heavy atom. The zero-order chi connectivity index (χ0) is 22.7. The number of carbonyl (C=O) groups excluding carboxylic acids is 1. The van der Waals surface area contributed by atoms with Gasteiger partial charge in [0.15, 0.2) is 0 Å². The molecular weight excluding hydrogens is 404 g/mol. The molecule has 0 saturated carbocycles. The van der Waals surface area contributed by atoms with Crippen molar-refractivity contribution in [2.45, 2.75) is 39.8 Å². The number of hydrogen-bond donors (Lipinski definition) is 1. The van der Waals surface area contributed by atoms with Gasteiger partial charge in [0.25, 0.3) is 5.56 Å². The minimum atomic E-state index is -0.138. The predicted octanol–water partition coefficient (Wildman–Crippen LogP) is 2.17. The summed E-state index contributed by atoms with van der Waals surface area (Å²) < 4.78 is 3.30. The topological polar surface area (TPSA) is 85.1 Å². The number of rotatable bonds is 6. The molecule has 8 nitrogen and oxygen atoms in total. The lowest BCUT2D eigenvalue weighted by molar-refractivity contribution is -0.125. The summed E-state index contributed by atoms with van der Waals surface area (Å²) in [5.74, 6) is -0.0736. The largest absolute Gasteiger partial charge is 0.369 e. The van der Waals surface area contributed by atoms with E-state index in [9.17, 15) is 9.59 Å². The third-order valence-electron chi connectivity index (χ3n) is 6.29. The second-order valence-corrected chi connectivity index (χ2v) is 8.47. The summed E-state index contributed by atoms with van der Waals surface area (Å²) >= 11 is 0. The Morgan fingerprint density at radius 3 is 2.69 bits per heavy atom. The first-order valence-electron chi connectivity index (χ1n) is 11.0. The quantitative estimate of drug-likeness (QED) is 0.643. The summed E-state index contributed by atoms with van der Waals surface area (Å²) in [4.78, 5) is 27.6. The highest BCUT2D eigenvalue weighted by Gasteiger charge is 2.26. The molecule has 1 aliphatic rings. The van der Waals surface area contributed by atoms with E-state index in [0.717, 1.165) is 47.6 Å². The zero-order valence-electron chi connectivity index (χ0n) is 18.9. The van der Waals surface area contributed by atoms with Crippen LogP contribution in [0.3, 0.4) is 0 Å². The summed E-state index contributed by atoms with van der Waals surface area (Å²) in [6.07, 6.45) is 3.47. The molecule has 0 spiro atoms. The highest BCUT2D eigenvalue weighted by molar-refractivity contribution is 5.79. The van der Waals surface area contributed by atoms with E-state index >= 15 is 0 Å². The average Bonchev–Trinajstić information content (AvgIpc) is 3.05. The molecule has 0 unspecified atom stereocenters. The van der Waals surface area contributed by atoms with Gasteiger partial charge in [-0.1, -0.05) is 30.3 Å². The number of anilines is 1. The summed E-state index contributed by atoms with van der Waals surface area (Å²) in [6, 6.07) is 11.4. The van der Waals surface area contributed by atoms with E-state index in [1.165, 1.54) is 4.68 Å². The van der Waals surface area contributed by atoms with Crippen molar-refractivity contribution in [3.8, 4) is 0 Å². The van der Waals surface area contributed by atoms with Crippen LogP contribution in [0.15, 0.2) is 47.4 Å². The minimum Gasteiger partial charge on any atom is -0.369 e. The number of nitrogens with zero attached hydrogens (tertiary/aromatic N) is 5. The third kappa shape index (κ3) is 4.74. The van der Waals surface area contributed by atoms with Gasteiger partial charge >= 0.3 is 0 Å². The number of carbonyl (C=O) groups is 1. The molecule has 3 aromatic rings. The standard InChI is InChI=1S/C24H30N6O2/c1-17-22(18(2)28(3)27-17)14-25-24(32)20-10-7-11-29(16-20)21-12-23(31)30(26-13-21)15-19-8-5-4-6-9-19/h4-6,8-9,12-13,20H,7,10-11,14-16H2,1-3H3,(H,25,32)/t20-/m0/s1. The van der Waals surface area contributed by atoms with E-state index in [2.05, 4.69) is 20.4 Å². The Kier molecular flexibility index (Phi) is 6.39. The minimum absolute atomic E-state index is 0.0442. The van der Waals surface area contributed by atoms with Crippen LogP contribution in [0.4, 0.5) is 5.69 Å². The van der Waals surface area contributed by atoms with Gasteiger partial charge in [0.05, 0.1) is 30.0 Å².